The van der Waals surface area contributed by atoms with Gasteiger partial charge in [0.1, 0.15) is 0 Å². The van der Waals surface area contributed by atoms with Gasteiger partial charge in [0.2, 0.25) is 0 Å². The van der Waals surface area contributed by atoms with Gasteiger partial charge in [0, 0.05) is 18.7 Å². The number of aromatic nitrogens is 3. The standard InChI is InChI=1S/C14H20N4/c1-4-13(15-5-2)11-7-6-8-12(9-11)14-10-16-17-18(14)3/h6-10,13,15H,4-5H2,1-3H3. The molecule has 2 aromatic rings. The third-order valence-corrected chi connectivity index (χ3v) is 3.16. The van der Waals surface area contributed by atoms with E-state index in [-0.39, 0.29) is 0 Å². The Hall–Kier alpha value is -1.68. The van der Waals surface area contributed by atoms with Crippen molar-refractivity contribution in [3.63, 3.8) is 0 Å². The molecule has 0 saturated carbocycles. The lowest BCUT2D eigenvalue weighted by Crippen LogP contribution is -2.20. The first-order valence-corrected chi connectivity index (χ1v) is 6.44. The lowest BCUT2D eigenvalue weighted by Gasteiger charge is -2.17. The van der Waals surface area contributed by atoms with E-state index in [9.17, 15) is 0 Å². The molecule has 1 atom stereocenters. The molecule has 1 unspecified atom stereocenters. The molecule has 0 aliphatic carbocycles. The summed E-state index contributed by atoms with van der Waals surface area (Å²) in [5.41, 5.74) is 3.53. The molecule has 1 aromatic carbocycles. The monoisotopic (exact) mass is 244 g/mol. The highest BCUT2D eigenvalue weighted by molar-refractivity contribution is 5.59. The van der Waals surface area contributed by atoms with Gasteiger partial charge >= 0.3 is 0 Å². The quantitative estimate of drug-likeness (QED) is 0.879. The smallest absolute Gasteiger partial charge is 0.0882 e. The molecule has 0 radical (unpaired) electrons. The van der Waals surface area contributed by atoms with Crippen molar-refractivity contribution in [2.24, 2.45) is 7.05 Å². The first kappa shape index (κ1) is 12.8. The number of aryl methyl sites for hydroxylation is 1. The van der Waals surface area contributed by atoms with Gasteiger partial charge in [-0.2, -0.15) is 0 Å². The number of hydrogen-bond donors (Lipinski definition) is 1. The summed E-state index contributed by atoms with van der Waals surface area (Å²) >= 11 is 0. The van der Waals surface area contributed by atoms with Crippen molar-refractivity contribution in [2.45, 2.75) is 26.3 Å². The van der Waals surface area contributed by atoms with E-state index in [0.717, 1.165) is 24.2 Å². The summed E-state index contributed by atoms with van der Waals surface area (Å²) in [5.74, 6) is 0. The fourth-order valence-corrected chi connectivity index (χ4v) is 2.21. The zero-order chi connectivity index (χ0) is 13.0. The van der Waals surface area contributed by atoms with Crippen LogP contribution in [0.2, 0.25) is 0 Å². The van der Waals surface area contributed by atoms with Gasteiger partial charge < -0.3 is 5.32 Å². The van der Waals surface area contributed by atoms with Crippen LogP contribution in [0.1, 0.15) is 31.9 Å². The van der Waals surface area contributed by atoms with Gasteiger partial charge in [0.25, 0.3) is 0 Å². The minimum Gasteiger partial charge on any atom is -0.310 e. The zero-order valence-electron chi connectivity index (χ0n) is 11.2. The van der Waals surface area contributed by atoms with Crippen LogP contribution in [-0.4, -0.2) is 21.5 Å². The van der Waals surface area contributed by atoms with Gasteiger partial charge in [-0.05, 0) is 24.6 Å². The van der Waals surface area contributed by atoms with Crippen LogP contribution in [0, 0.1) is 0 Å². The van der Waals surface area contributed by atoms with E-state index >= 15 is 0 Å². The fraction of sp³-hybridized carbons (Fsp3) is 0.429. The summed E-state index contributed by atoms with van der Waals surface area (Å²) in [6, 6.07) is 8.99. The fourth-order valence-electron chi connectivity index (χ4n) is 2.21. The van der Waals surface area contributed by atoms with Crippen LogP contribution in [0.5, 0.6) is 0 Å². The molecule has 18 heavy (non-hydrogen) atoms. The van der Waals surface area contributed by atoms with E-state index < -0.39 is 0 Å². The minimum atomic E-state index is 0.413. The molecule has 1 aromatic heterocycles. The van der Waals surface area contributed by atoms with Crippen molar-refractivity contribution in [1.82, 2.24) is 20.3 Å². The molecule has 1 heterocycles. The Bertz CT molecular complexity index is 504. The molecule has 0 spiro atoms. The van der Waals surface area contributed by atoms with Crippen molar-refractivity contribution in [1.29, 1.82) is 0 Å². The van der Waals surface area contributed by atoms with Crippen LogP contribution in [0.25, 0.3) is 11.3 Å². The predicted octanol–water partition coefficient (Wildman–Crippen LogP) is 2.54. The molecule has 0 amide bonds. The van der Waals surface area contributed by atoms with Gasteiger partial charge in [-0.1, -0.05) is 37.3 Å². The van der Waals surface area contributed by atoms with E-state index in [4.69, 9.17) is 0 Å². The molecule has 96 valence electrons. The Morgan fingerprint density at radius 3 is 2.78 bits per heavy atom. The Kier molecular flexibility index (Phi) is 4.10. The van der Waals surface area contributed by atoms with Gasteiger partial charge in [0.05, 0.1) is 11.9 Å². The van der Waals surface area contributed by atoms with Crippen molar-refractivity contribution in [3.05, 3.63) is 36.0 Å². The molecule has 4 nitrogen and oxygen atoms in total. The summed E-state index contributed by atoms with van der Waals surface area (Å²) < 4.78 is 1.80. The van der Waals surface area contributed by atoms with Crippen LogP contribution in [0.3, 0.4) is 0 Å². The average molecular weight is 244 g/mol. The molecule has 0 saturated heterocycles. The first-order chi connectivity index (χ1) is 8.76. The third-order valence-electron chi connectivity index (χ3n) is 3.16. The van der Waals surface area contributed by atoms with Crippen LogP contribution in [0.4, 0.5) is 0 Å². The highest BCUT2D eigenvalue weighted by Crippen LogP contribution is 2.23. The molecule has 0 bridgehead atoms. The average Bonchev–Trinajstić information content (AvgIpc) is 2.82. The number of nitrogens with one attached hydrogen (secondary N) is 1. The van der Waals surface area contributed by atoms with Crippen molar-refractivity contribution in [2.75, 3.05) is 6.54 Å². The number of benzene rings is 1. The summed E-state index contributed by atoms with van der Waals surface area (Å²) in [6.07, 6.45) is 2.88. The molecule has 0 aliphatic rings. The predicted molar refractivity (Wildman–Crippen MR) is 73.1 cm³/mol. The first-order valence-electron chi connectivity index (χ1n) is 6.44. The van der Waals surface area contributed by atoms with E-state index in [1.807, 2.05) is 7.05 Å². The molecule has 4 heteroatoms. The Balaban J connectivity index is 2.33. The second-order valence-electron chi connectivity index (χ2n) is 4.39. The Labute approximate surface area is 108 Å². The third kappa shape index (κ3) is 2.59. The van der Waals surface area contributed by atoms with Crippen molar-refractivity contribution < 1.29 is 0 Å². The van der Waals surface area contributed by atoms with E-state index in [0.29, 0.717) is 6.04 Å². The lowest BCUT2D eigenvalue weighted by molar-refractivity contribution is 0.537. The SMILES string of the molecule is CCNC(CC)c1cccc(-c2cnnn2C)c1. The second kappa shape index (κ2) is 5.78. The van der Waals surface area contributed by atoms with E-state index in [1.54, 1.807) is 10.9 Å². The van der Waals surface area contributed by atoms with Crippen LogP contribution in [-0.2, 0) is 7.05 Å². The van der Waals surface area contributed by atoms with E-state index in [2.05, 4.69) is 53.7 Å². The second-order valence-corrected chi connectivity index (χ2v) is 4.39. The highest BCUT2D eigenvalue weighted by Gasteiger charge is 2.10. The molecule has 2 rings (SSSR count). The number of rotatable bonds is 5. The van der Waals surface area contributed by atoms with Crippen molar-refractivity contribution >= 4 is 0 Å². The highest BCUT2D eigenvalue weighted by atomic mass is 15.4. The summed E-state index contributed by atoms with van der Waals surface area (Å²) in [4.78, 5) is 0. The number of hydrogen-bond acceptors (Lipinski definition) is 3. The Morgan fingerprint density at radius 2 is 2.17 bits per heavy atom. The molecular formula is C14H20N4. The maximum Gasteiger partial charge on any atom is 0.0882 e. The summed E-state index contributed by atoms with van der Waals surface area (Å²) in [5, 5.41) is 11.4. The van der Waals surface area contributed by atoms with Gasteiger partial charge in [-0.15, -0.1) is 5.10 Å². The van der Waals surface area contributed by atoms with Crippen LogP contribution >= 0.6 is 0 Å². The normalized spacial score (nSPS) is 12.6. The maximum absolute atomic E-state index is 3.98. The topological polar surface area (TPSA) is 42.7 Å². The molecule has 0 fully saturated rings. The van der Waals surface area contributed by atoms with Crippen LogP contribution in [0.15, 0.2) is 30.5 Å². The molecular weight excluding hydrogens is 224 g/mol. The zero-order valence-corrected chi connectivity index (χ0v) is 11.2. The summed E-state index contributed by atoms with van der Waals surface area (Å²) in [6.45, 7) is 5.32. The summed E-state index contributed by atoms with van der Waals surface area (Å²) in [7, 11) is 1.91. The lowest BCUT2D eigenvalue weighted by atomic mass is 10.0. The number of nitrogens with zero attached hydrogens (tertiary/aromatic N) is 3. The van der Waals surface area contributed by atoms with Gasteiger partial charge in [-0.25, -0.2) is 4.68 Å². The van der Waals surface area contributed by atoms with Crippen molar-refractivity contribution in [3.8, 4) is 11.3 Å². The largest absolute Gasteiger partial charge is 0.310 e. The Morgan fingerprint density at radius 1 is 1.33 bits per heavy atom. The maximum atomic E-state index is 3.98. The minimum absolute atomic E-state index is 0.413. The van der Waals surface area contributed by atoms with Gasteiger partial charge in [-0.3, -0.25) is 0 Å². The van der Waals surface area contributed by atoms with Crippen LogP contribution < -0.4 is 5.32 Å². The molecule has 0 aliphatic heterocycles. The van der Waals surface area contributed by atoms with Gasteiger partial charge in [0.15, 0.2) is 0 Å². The van der Waals surface area contributed by atoms with E-state index in [1.165, 1.54) is 5.56 Å². The molecule has 1 N–H and O–H groups in total.